The fraction of sp³-hybridized carbons (Fsp3) is 0.944. The molecule has 5 heteroatoms. The van der Waals surface area contributed by atoms with Crippen molar-refractivity contribution in [2.75, 3.05) is 6.54 Å². The Morgan fingerprint density at radius 3 is 1.46 bits per heavy atom. The van der Waals surface area contributed by atoms with Gasteiger partial charge in [-0.3, -0.25) is 4.79 Å². The smallest absolute Gasteiger partial charge is 0.306 e. The largest absolute Gasteiger partial charge is 0.462 e. The van der Waals surface area contributed by atoms with Gasteiger partial charge in [-0.2, -0.15) is 0 Å². The third-order valence-electron chi connectivity index (χ3n) is 8.35. The van der Waals surface area contributed by atoms with Gasteiger partial charge in [-0.1, -0.05) is 142 Å². The number of ether oxygens (including phenoxy) is 1. The molecule has 0 saturated heterocycles. The van der Waals surface area contributed by atoms with Crippen LogP contribution in [0.4, 0.5) is 0 Å². The lowest BCUT2D eigenvalue weighted by Gasteiger charge is -2.18. The van der Waals surface area contributed by atoms with Gasteiger partial charge in [0.15, 0.2) is 0 Å². The van der Waals surface area contributed by atoms with E-state index in [1.165, 1.54) is 103 Å². The maximum absolute atomic E-state index is 12.5. The molecule has 5 nitrogen and oxygen atoms in total. The van der Waals surface area contributed by atoms with Gasteiger partial charge in [-0.05, 0) is 51.4 Å². The molecule has 0 fully saturated rings. The third-order valence-corrected chi connectivity index (χ3v) is 8.35. The van der Waals surface area contributed by atoms with E-state index in [-0.39, 0.29) is 18.2 Å². The number of carbonyl (C=O) groups excluding carboxylic acids is 2. The number of hydrogen-bond donors (Lipinski definition) is 1. The number of isocyanates is 1. The second-order valence-electron chi connectivity index (χ2n) is 12.4. The van der Waals surface area contributed by atoms with E-state index in [4.69, 9.17) is 4.74 Å². The molecule has 242 valence electrons. The lowest BCUT2D eigenvalue weighted by atomic mass is 10.0. The van der Waals surface area contributed by atoms with Crippen LogP contribution >= 0.6 is 0 Å². The molecule has 0 heterocycles. The Morgan fingerprint density at radius 1 is 0.585 bits per heavy atom. The highest BCUT2D eigenvalue weighted by molar-refractivity contribution is 5.69. The Hall–Kier alpha value is -1.19. The number of unbranched alkanes of at least 4 members (excludes halogenated alkanes) is 20. The molecule has 1 N–H and O–H groups in total. The first-order valence-corrected chi connectivity index (χ1v) is 18.0. The standard InChI is InChI=1S/C36H69NO4/c1-3-5-7-9-10-11-14-17-21-27-34(39)28-22-20-25-31-36(40)41-35(29-23-8-6-4-2)30-24-18-15-12-13-16-19-26-32-37-33-38/h34-35,39H,3-32H2,1-2H3. The second-order valence-corrected chi connectivity index (χ2v) is 12.4. The predicted molar refractivity (Wildman–Crippen MR) is 174 cm³/mol. The number of carbonyl (C=O) groups is 1. The molecule has 0 aliphatic rings. The van der Waals surface area contributed by atoms with Crippen LogP contribution in [-0.2, 0) is 14.3 Å². The van der Waals surface area contributed by atoms with Crippen molar-refractivity contribution in [3.05, 3.63) is 0 Å². The number of aliphatic hydroxyl groups excluding tert-OH is 1. The van der Waals surface area contributed by atoms with E-state index in [0.717, 1.165) is 77.0 Å². The monoisotopic (exact) mass is 580 g/mol. The quantitative estimate of drug-likeness (QED) is 0.0363. The number of hydrogen-bond acceptors (Lipinski definition) is 5. The van der Waals surface area contributed by atoms with E-state index in [1.807, 2.05) is 0 Å². The highest BCUT2D eigenvalue weighted by Crippen LogP contribution is 2.19. The molecule has 0 aromatic heterocycles. The minimum absolute atomic E-state index is 0.0281. The molecule has 41 heavy (non-hydrogen) atoms. The lowest BCUT2D eigenvalue weighted by Crippen LogP contribution is -2.18. The summed E-state index contributed by atoms with van der Waals surface area (Å²) in [5, 5.41) is 10.3. The van der Waals surface area contributed by atoms with Crippen molar-refractivity contribution in [2.24, 2.45) is 4.99 Å². The first-order valence-electron chi connectivity index (χ1n) is 18.0. The van der Waals surface area contributed by atoms with E-state index in [2.05, 4.69) is 18.8 Å². The average molecular weight is 580 g/mol. The first kappa shape index (κ1) is 39.8. The Morgan fingerprint density at radius 2 is 0.976 bits per heavy atom. The number of rotatable bonds is 33. The van der Waals surface area contributed by atoms with Crippen molar-refractivity contribution in [1.82, 2.24) is 0 Å². The van der Waals surface area contributed by atoms with Gasteiger partial charge >= 0.3 is 5.97 Å². The average Bonchev–Trinajstić information content (AvgIpc) is 2.96. The molecule has 2 unspecified atom stereocenters. The summed E-state index contributed by atoms with van der Waals surface area (Å²) >= 11 is 0. The second kappa shape index (κ2) is 33.3. The van der Waals surface area contributed by atoms with Crippen LogP contribution in [0.25, 0.3) is 0 Å². The van der Waals surface area contributed by atoms with Crippen molar-refractivity contribution in [3.63, 3.8) is 0 Å². The van der Waals surface area contributed by atoms with Crippen LogP contribution in [0, 0.1) is 0 Å². The summed E-state index contributed by atoms with van der Waals surface area (Å²) in [7, 11) is 0. The Bertz CT molecular complexity index is 590. The maximum Gasteiger partial charge on any atom is 0.306 e. The molecule has 0 aromatic carbocycles. The van der Waals surface area contributed by atoms with Crippen LogP contribution in [0.15, 0.2) is 4.99 Å². The Kier molecular flexibility index (Phi) is 32.3. The molecule has 2 atom stereocenters. The zero-order chi connectivity index (χ0) is 30.1. The number of aliphatic imine (C=N–C) groups is 1. The van der Waals surface area contributed by atoms with Gasteiger partial charge in [0.2, 0.25) is 6.08 Å². The van der Waals surface area contributed by atoms with Crippen molar-refractivity contribution in [2.45, 2.75) is 212 Å². The molecule has 0 aromatic rings. The normalized spacial score (nSPS) is 12.7. The Labute approximate surface area is 255 Å². The van der Waals surface area contributed by atoms with Crippen LogP contribution in [0.2, 0.25) is 0 Å². The summed E-state index contributed by atoms with van der Waals surface area (Å²) in [4.78, 5) is 26.2. The van der Waals surface area contributed by atoms with Crippen molar-refractivity contribution >= 4 is 12.0 Å². The highest BCUT2D eigenvalue weighted by Gasteiger charge is 2.14. The molecule has 0 bridgehead atoms. The lowest BCUT2D eigenvalue weighted by molar-refractivity contribution is -0.150. The highest BCUT2D eigenvalue weighted by atomic mass is 16.5. The van der Waals surface area contributed by atoms with E-state index in [1.54, 1.807) is 6.08 Å². The topological polar surface area (TPSA) is 76.0 Å². The molecule has 0 spiro atoms. The zero-order valence-electron chi connectivity index (χ0n) is 27.5. The Balaban J connectivity index is 3.88. The summed E-state index contributed by atoms with van der Waals surface area (Å²) in [6, 6.07) is 0. The fourth-order valence-electron chi connectivity index (χ4n) is 5.64. The minimum atomic E-state index is -0.179. The SMILES string of the molecule is CCCCCCCCCCCC(O)CCCCCC(=O)OC(CCCCCC)CCCCCCCCCCN=C=O. The summed E-state index contributed by atoms with van der Waals surface area (Å²) in [5.74, 6) is -0.0281. The number of esters is 1. The molecular weight excluding hydrogens is 510 g/mol. The van der Waals surface area contributed by atoms with E-state index in [9.17, 15) is 14.7 Å². The van der Waals surface area contributed by atoms with E-state index >= 15 is 0 Å². The molecule has 0 amide bonds. The fourth-order valence-corrected chi connectivity index (χ4v) is 5.64. The molecule has 0 aliphatic carbocycles. The van der Waals surface area contributed by atoms with E-state index in [0.29, 0.717) is 13.0 Å². The van der Waals surface area contributed by atoms with Crippen LogP contribution < -0.4 is 0 Å². The third kappa shape index (κ3) is 31.6. The summed E-state index contributed by atoms with van der Waals surface area (Å²) in [6.45, 7) is 5.11. The molecule has 0 radical (unpaired) electrons. The molecular formula is C36H69NO4. The maximum atomic E-state index is 12.5. The van der Waals surface area contributed by atoms with Gasteiger partial charge in [-0.25, -0.2) is 9.79 Å². The minimum Gasteiger partial charge on any atom is -0.462 e. The predicted octanol–water partition coefficient (Wildman–Crippen LogP) is 10.9. The summed E-state index contributed by atoms with van der Waals surface area (Å²) in [5.41, 5.74) is 0. The number of aliphatic hydroxyl groups is 1. The van der Waals surface area contributed by atoms with Crippen molar-refractivity contribution in [3.8, 4) is 0 Å². The molecule has 0 aliphatic heterocycles. The van der Waals surface area contributed by atoms with Gasteiger partial charge in [0, 0.05) is 6.42 Å². The van der Waals surface area contributed by atoms with Crippen LogP contribution in [0.3, 0.4) is 0 Å². The first-order chi connectivity index (χ1) is 20.1. The number of nitrogens with zero attached hydrogens (tertiary/aromatic N) is 1. The van der Waals surface area contributed by atoms with Gasteiger partial charge in [0.1, 0.15) is 6.10 Å². The zero-order valence-corrected chi connectivity index (χ0v) is 27.5. The van der Waals surface area contributed by atoms with Gasteiger partial charge in [0.05, 0.1) is 12.6 Å². The van der Waals surface area contributed by atoms with Crippen LogP contribution in [0.1, 0.15) is 200 Å². The van der Waals surface area contributed by atoms with Crippen molar-refractivity contribution in [1.29, 1.82) is 0 Å². The van der Waals surface area contributed by atoms with Gasteiger partial charge in [0.25, 0.3) is 0 Å². The van der Waals surface area contributed by atoms with Crippen LogP contribution in [0.5, 0.6) is 0 Å². The summed E-state index contributed by atoms with van der Waals surface area (Å²) < 4.78 is 5.94. The molecule has 0 saturated carbocycles. The molecule has 0 rings (SSSR count). The van der Waals surface area contributed by atoms with E-state index < -0.39 is 0 Å². The summed E-state index contributed by atoms with van der Waals surface area (Å²) in [6.07, 6.45) is 34.8. The van der Waals surface area contributed by atoms with Gasteiger partial charge in [-0.15, -0.1) is 0 Å². The van der Waals surface area contributed by atoms with Crippen molar-refractivity contribution < 1.29 is 19.4 Å². The van der Waals surface area contributed by atoms with Gasteiger partial charge < -0.3 is 9.84 Å². The van der Waals surface area contributed by atoms with Crippen LogP contribution in [-0.4, -0.2) is 35.9 Å².